The van der Waals surface area contributed by atoms with Crippen LogP contribution in [0.1, 0.15) is 27.9 Å². The maximum Gasteiger partial charge on any atom is 0.163 e. The minimum atomic E-state index is 0.0311. The number of azide groups is 1. The van der Waals surface area contributed by atoms with E-state index in [0.717, 1.165) is 16.7 Å². The molecule has 0 amide bonds. The maximum atomic E-state index is 11.7. The van der Waals surface area contributed by atoms with E-state index in [1.165, 1.54) is 0 Å². The van der Waals surface area contributed by atoms with Crippen LogP contribution in [0.3, 0.4) is 0 Å². The average Bonchev–Trinajstić information content (AvgIpc) is 2.22. The fourth-order valence-electron chi connectivity index (χ4n) is 1.37. The molecule has 0 saturated heterocycles. The van der Waals surface area contributed by atoms with Gasteiger partial charge in [-0.2, -0.15) is 0 Å². The number of carbonyl (C=O) groups excluding carboxylic acids is 1. The third kappa shape index (κ3) is 3.11. The van der Waals surface area contributed by atoms with Crippen molar-refractivity contribution in [2.24, 2.45) is 5.11 Å². The summed E-state index contributed by atoms with van der Waals surface area (Å²) in [5.74, 6) is 0.0311. The van der Waals surface area contributed by atoms with Crippen molar-refractivity contribution in [3.05, 3.63) is 45.3 Å². The Balaban J connectivity index is 2.81. The summed E-state index contributed by atoms with van der Waals surface area (Å²) in [6.45, 7) is 4.08. The highest BCUT2D eigenvalue weighted by Crippen LogP contribution is 2.12. The summed E-state index contributed by atoms with van der Waals surface area (Å²) in [6, 6.07) is 5.77. The molecule has 0 spiro atoms. The van der Waals surface area contributed by atoms with Gasteiger partial charge in [-0.3, -0.25) is 4.79 Å². The summed E-state index contributed by atoms with van der Waals surface area (Å²) >= 11 is 0. The highest BCUT2D eigenvalue weighted by Gasteiger charge is 2.07. The average molecular weight is 203 g/mol. The van der Waals surface area contributed by atoms with Crippen LogP contribution in [-0.4, -0.2) is 12.3 Å². The third-order valence-electron chi connectivity index (χ3n) is 2.20. The van der Waals surface area contributed by atoms with Crippen LogP contribution in [-0.2, 0) is 0 Å². The first kappa shape index (κ1) is 11.3. The summed E-state index contributed by atoms with van der Waals surface area (Å²) in [6.07, 6.45) is 0.272. The van der Waals surface area contributed by atoms with Gasteiger partial charge in [-0.1, -0.05) is 22.8 Å². The number of rotatable bonds is 4. The van der Waals surface area contributed by atoms with Gasteiger partial charge in [0, 0.05) is 23.4 Å². The number of nitrogens with zero attached hydrogens (tertiary/aromatic N) is 3. The van der Waals surface area contributed by atoms with Crippen LogP contribution in [0.15, 0.2) is 23.3 Å². The number of ketones is 1. The third-order valence-corrected chi connectivity index (χ3v) is 2.20. The van der Waals surface area contributed by atoms with E-state index >= 15 is 0 Å². The van der Waals surface area contributed by atoms with Gasteiger partial charge in [-0.25, -0.2) is 0 Å². The Morgan fingerprint density at radius 1 is 1.47 bits per heavy atom. The molecule has 1 rings (SSSR count). The molecule has 0 aliphatic rings. The molecule has 4 nitrogen and oxygen atoms in total. The molecule has 0 radical (unpaired) electrons. The van der Waals surface area contributed by atoms with E-state index in [1.807, 2.05) is 32.0 Å². The molecule has 0 bridgehead atoms. The number of benzene rings is 1. The van der Waals surface area contributed by atoms with Gasteiger partial charge in [-0.05, 0) is 31.0 Å². The van der Waals surface area contributed by atoms with Gasteiger partial charge in [0.05, 0.1) is 0 Å². The highest BCUT2D eigenvalue weighted by atomic mass is 16.1. The minimum Gasteiger partial charge on any atom is -0.294 e. The van der Waals surface area contributed by atoms with Crippen LogP contribution in [0.4, 0.5) is 0 Å². The summed E-state index contributed by atoms with van der Waals surface area (Å²) in [5, 5.41) is 3.35. The predicted molar refractivity (Wildman–Crippen MR) is 58.9 cm³/mol. The quantitative estimate of drug-likeness (QED) is 0.320. The molecule has 0 fully saturated rings. The molecule has 0 heterocycles. The van der Waals surface area contributed by atoms with Crippen LogP contribution in [0.25, 0.3) is 10.4 Å². The van der Waals surface area contributed by atoms with E-state index < -0.39 is 0 Å². The Bertz CT molecular complexity index is 420. The second-order valence-electron chi connectivity index (χ2n) is 3.45. The lowest BCUT2D eigenvalue weighted by atomic mass is 10.0. The molecule has 1 aromatic carbocycles. The summed E-state index contributed by atoms with van der Waals surface area (Å²) in [7, 11) is 0. The van der Waals surface area contributed by atoms with E-state index in [4.69, 9.17) is 5.53 Å². The lowest BCUT2D eigenvalue weighted by Gasteiger charge is -2.04. The van der Waals surface area contributed by atoms with Crippen molar-refractivity contribution in [2.45, 2.75) is 20.3 Å². The zero-order valence-corrected chi connectivity index (χ0v) is 8.90. The van der Waals surface area contributed by atoms with Crippen LogP contribution in [0.5, 0.6) is 0 Å². The molecule has 0 N–H and O–H groups in total. The number of carbonyl (C=O) groups is 1. The topological polar surface area (TPSA) is 65.8 Å². The predicted octanol–water partition coefficient (Wildman–Crippen LogP) is 3.19. The number of hydrogen-bond donors (Lipinski definition) is 0. The Kier molecular flexibility index (Phi) is 3.89. The molecular formula is C11H13N3O. The molecular weight excluding hydrogens is 190 g/mol. The van der Waals surface area contributed by atoms with Gasteiger partial charge in [0.2, 0.25) is 0 Å². The van der Waals surface area contributed by atoms with Gasteiger partial charge in [0.1, 0.15) is 0 Å². The first-order chi connectivity index (χ1) is 7.15. The minimum absolute atomic E-state index is 0.0311. The largest absolute Gasteiger partial charge is 0.294 e. The lowest BCUT2D eigenvalue weighted by Crippen LogP contribution is -2.03. The standard InChI is InChI=1S/C11H13N3O/c1-8-3-4-9(2)10(7-8)11(15)5-6-13-14-12/h3-4,7H,5-6H2,1-2H3. The van der Waals surface area contributed by atoms with E-state index in [-0.39, 0.29) is 18.7 Å². The van der Waals surface area contributed by atoms with Gasteiger partial charge >= 0.3 is 0 Å². The van der Waals surface area contributed by atoms with Crippen molar-refractivity contribution in [3.63, 3.8) is 0 Å². The molecule has 78 valence electrons. The van der Waals surface area contributed by atoms with Crippen LogP contribution in [0.2, 0.25) is 0 Å². The second-order valence-corrected chi connectivity index (χ2v) is 3.45. The van der Waals surface area contributed by atoms with Crippen molar-refractivity contribution in [2.75, 3.05) is 6.54 Å². The van der Waals surface area contributed by atoms with Crippen molar-refractivity contribution in [3.8, 4) is 0 Å². The van der Waals surface area contributed by atoms with Crippen molar-refractivity contribution >= 4 is 5.78 Å². The molecule has 15 heavy (non-hydrogen) atoms. The monoisotopic (exact) mass is 203 g/mol. The zero-order valence-electron chi connectivity index (χ0n) is 8.90. The van der Waals surface area contributed by atoms with Crippen LogP contribution in [0, 0.1) is 13.8 Å². The first-order valence-corrected chi connectivity index (χ1v) is 4.76. The van der Waals surface area contributed by atoms with Crippen molar-refractivity contribution in [1.29, 1.82) is 0 Å². The Morgan fingerprint density at radius 2 is 2.20 bits per heavy atom. The van der Waals surface area contributed by atoms with E-state index in [0.29, 0.717) is 0 Å². The van der Waals surface area contributed by atoms with E-state index in [2.05, 4.69) is 10.0 Å². The molecule has 0 aliphatic heterocycles. The van der Waals surface area contributed by atoms with Crippen molar-refractivity contribution in [1.82, 2.24) is 0 Å². The smallest absolute Gasteiger partial charge is 0.163 e. The molecule has 4 heteroatoms. The van der Waals surface area contributed by atoms with Gasteiger partial charge in [0.25, 0.3) is 0 Å². The summed E-state index contributed by atoms with van der Waals surface area (Å²) in [5.41, 5.74) is 10.8. The number of aryl methyl sites for hydroxylation is 2. The second kappa shape index (κ2) is 5.17. The Labute approximate surface area is 88.6 Å². The van der Waals surface area contributed by atoms with Crippen LogP contribution < -0.4 is 0 Å². The first-order valence-electron chi connectivity index (χ1n) is 4.76. The summed E-state index contributed by atoms with van der Waals surface area (Å²) < 4.78 is 0. The SMILES string of the molecule is Cc1ccc(C)c(C(=O)CCN=[N+]=[N-])c1. The Hall–Kier alpha value is -1.80. The molecule has 0 atom stereocenters. The normalized spacial score (nSPS) is 9.47. The lowest BCUT2D eigenvalue weighted by molar-refractivity contribution is 0.0985. The molecule has 1 aromatic rings. The van der Waals surface area contributed by atoms with E-state index in [1.54, 1.807) is 0 Å². The van der Waals surface area contributed by atoms with Gasteiger partial charge < -0.3 is 0 Å². The summed E-state index contributed by atoms with van der Waals surface area (Å²) in [4.78, 5) is 14.3. The number of Topliss-reactive ketones (excluding diaryl/α,β-unsaturated/α-hetero) is 1. The molecule has 0 aliphatic carbocycles. The Morgan fingerprint density at radius 3 is 2.87 bits per heavy atom. The molecule has 0 aromatic heterocycles. The van der Waals surface area contributed by atoms with Crippen molar-refractivity contribution < 1.29 is 4.79 Å². The van der Waals surface area contributed by atoms with Crippen LogP contribution >= 0.6 is 0 Å². The van der Waals surface area contributed by atoms with Gasteiger partial charge in [0.15, 0.2) is 5.78 Å². The molecule has 0 saturated carbocycles. The number of hydrogen-bond acceptors (Lipinski definition) is 2. The zero-order chi connectivity index (χ0) is 11.3. The fraction of sp³-hybridized carbons (Fsp3) is 0.364. The van der Waals surface area contributed by atoms with E-state index in [9.17, 15) is 4.79 Å². The van der Waals surface area contributed by atoms with Gasteiger partial charge in [-0.15, -0.1) is 0 Å². The maximum absolute atomic E-state index is 11.7. The fourth-order valence-corrected chi connectivity index (χ4v) is 1.37. The highest BCUT2D eigenvalue weighted by molar-refractivity contribution is 5.97. The molecule has 0 unspecified atom stereocenters.